The molecule has 28 valence electrons. The van der Waals surface area contributed by atoms with Gasteiger partial charge in [-0.25, -0.2) is 0 Å². The summed E-state index contributed by atoms with van der Waals surface area (Å²) >= 11 is 0. The van der Waals surface area contributed by atoms with Crippen molar-refractivity contribution in [1.29, 1.82) is 0 Å². The number of rotatable bonds is 0. The van der Waals surface area contributed by atoms with Gasteiger partial charge in [-0.2, -0.15) is 0 Å². The van der Waals surface area contributed by atoms with Crippen molar-refractivity contribution in [2.45, 2.75) is 0 Å². The molecule has 0 saturated carbocycles. The van der Waals surface area contributed by atoms with E-state index in [4.69, 9.17) is 0 Å². The summed E-state index contributed by atoms with van der Waals surface area (Å²) in [6.45, 7) is 0. The van der Waals surface area contributed by atoms with Gasteiger partial charge in [0, 0.05) is 50.9 Å². The molecule has 0 fully saturated rings. The molecule has 0 atom stereocenters. The second-order valence-corrected chi connectivity index (χ2v) is 0. The van der Waals surface area contributed by atoms with Crippen LogP contribution in [0, 0.1) is 0 Å². The van der Waals surface area contributed by atoms with E-state index in [1.54, 1.807) is 0 Å². The summed E-state index contributed by atoms with van der Waals surface area (Å²) in [4.78, 5) is 0. The Balaban J connectivity index is 0. The fourth-order valence-corrected chi connectivity index (χ4v) is 0. The Morgan fingerprint density at radius 3 is 1.00 bits per heavy atom. The van der Waals surface area contributed by atoms with E-state index >= 15 is 0 Å². The maximum Gasteiger partial charge on any atom is 0 e. The van der Waals surface area contributed by atoms with E-state index in [1.807, 2.05) is 0 Å². The average Bonchev–Trinajstić information content (AvgIpc) is 0. The van der Waals surface area contributed by atoms with Gasteiger partial charge in [0.2, 0.25) is 0 Å². The molecule has 4 heteroatoms. The minimum Gasteiger partial charge on any atom is -0.0149 e. The van der Waals surface area contributed by atoms with E-state index in [0.717, 1.165) is 0 Å². The predicted molar refractivity (Wildman–Crippen MR) is 17.1 cm³/mol. The molecule has 0 rings (SSSR count). The van der Waals surface area contributed by atoms with Crippen LogP contribution in [-0.2, 0) is 33.6 Å². The van der Waals surface area contributed by atoms with Crippen molar-refractivity contribution in [2.75, 3.05) is 0 Å². The van der Waals surface area contributed by atoms with Crippen molar-refractivity contribution < 1.29 is 33.6 Å². The Bertz CT molecular complexity index is 8.00. The molecule has 0 aliphatic heterocycles. The van der Waals surface area contributed by atoms with Gasteiger partial charge < -0.3 is 0 Å². The normalized spacial score (nSPS) is 0. The second-order valence-electron chi connectivity index (χ2n) is 0. The third-order valence-corrected chi connectivity index (χ3v) is 0. The maximum absolute atomic E-state index is 0. The molecule has 0 aromatic heterocycles. The van der Waals surface area contributed by atoms with Gasteiger partial charge >= 0.3 is 0 Å². The molecule has 0 heterocycles. The molecular formula is H4AlMnNiSi. The molecular weight excluding hydrogens is 169 g/mol. The smallest absolute Gasteiger partial charge is 0 e. The zero-order chi connectivity index (χ0) is 0. The third-order valence-electron chi connectivity index (χ3n) is 0. The van der Waals surface area contributed by atoms with Crippen LogP contribution < -0.4 is 0 Å². The molecule has 0 saturated heterocycles. The zero-order valence-electron chi connectivity index (χ0n) is 1.27. The molecule has 0 bridgehead atoms. The summed E-state index contributed by atoms with van der Waals surface area (Å²) in [5.74, 6) is 0. The SMILES string of the molecule is [Al].[Mn].[Ni].[SiH4]. The van der Waals surface area contributed by atoms with Crippen LogP contribution in [0.1, 0.15) is 0 Å². The molecule has 0 nitrogen and oxygen atoms in total. The Morgan fingerprint density at radius 1 is 1.00 bits per heavy atom. The van der Waals surface area contributed by atoms with E-state index in [-0.39, 0.29) is 61.9 Å². The second kappa shape index (κ2) is 21.7. The van der Waals surface area contributed by atoms with Gasteiger partial charge in [-0.3, -0.25) is 0 Å². The zero-order valence-corrected chi connectivity index (χ0v) is 4.59. The van der Waals surface area contributed by atoms with Gasteiger partial charge in [-0.15, -0.1) is 0 Å². The van der Waals surface area contributed by atoms with E-state index in [1.165, 1.54) is 0 Å². The van der Waals surface area contributed by atoms with Crippen molar-refractivity contribution in [3.05, 3.63) is 0 Å². The fraction of sp³-hybridized carbons (Fsp3) is 0. The van der Waals surface area contributed by atoms with Gasteiger partial charge in [0.15, 0.2) is 0 Å². The maximum atomic E-state index is 0. The summed E-state index contributed by atoms with van der Waals surface area (Å²) in [7, 11) is 0. The van der Waals surface area contributed by atoms with Crippen LogP contribution in [0.4, 0.5) is 0 Å². The minimum absolute atomic E-state index is 0. The first-order chi connectivity index (χ1) is 0. The summed E-state index contributed by atoms with van der Waals surface area (Å²) in [5, 5.41) is 0. The first-order valence-corrected chi connectivity index (χ1v) is 0. The van der Waals surface area contributed by atoms with Crippen LogP contribution in [0.15, 0.2) is 0 Å². The molecule has 0 spiro atoms. The first-order valence-electron chi connectivity index (χ1n) is 0. The standard InChI is InChI=1S/Al.Mn.Ni.H4Si/h;;;1H4. The Kier molecular flexibility index (Phi) is 228. The van der Waals surface area contributed by atoms with Crippen molar-refractivity contribution in [3.63, 3.8) is 0 Å². The van der Waals surface area contributed by atoms with Crippen LogP contribution >= 0.6 is 0 Å². The summed E-state index contributed by atoms with van der Waals surface area (Å²) < 4.78 is 0. The van der Waals surface area contributed by atoms with Crippen LogP contribution in [0.2, 0.25) is 0 Å². The largest absolute Gasteiger partial charge is 0.0149 e. The third kappa shape index (κ3) is 9.24. The molecule has 0 aliphatic carbocycles. The fourth-order valence-electron chi connectivity index (χ4n) is 0. The van der Waals surface area contributed by atoms with Gasteiger partial charge in [-0.1, -0.05) is 0 Å². The molecule has 0 aromatic rings. The van der Waals surface area contributed by atoms with Crippen LogP contribution in [-0.4, -0.2) is 28.3 Å². The minimum atomic E-state index is 0. The van der Waals surface area contributed by atoms with Gasteiger partial charge in [0.25, 0.3) is 0 Å². The summed E-state index contributed by atoms with van der Waals surface area (Å²) in [6.07, 6.45) is 0. The Labute approximate surface area is 61.7 Å². The topological polar surface area (TPSA) is 0 Å². The number of hydrogen-bond acceptors (Lipinski definition) is 0. The quantitative estimate of drug-likeness (QED) is 0.377. The molecule has 0 N–H and O–H groups in total. The van der Waals surface area contributed by atoms with Crippen molar-refractivity contribution in [2.24, 2.45) is 0 Å². The first kappa shape index (κ1) is 42.1. The van der Waals surface area contributed by atoms with Crippen LogP contribution in [0.25, 0.3) is 0 Å². The summed E-state index contributed by atoms with van der Waals surface area (Å²) in [6, 6.07) is 0. The predicted octanol–water partition coefficient (Wildman–Crippen LogP) is -1.84. The van der Waals surface area contributed by atoms with Crippen molar-refractivity contribution in [1.82, 2.24) is 0 Å². The van der Waals surface area contributed by atoms with Crippen molar-refractivity contribution >= 4 is 28.3 Å². The average molecular weight is 173 g/mol. The molecule has 0 aliphatic rings. The Morgan fingerprint density at radius 2 is 1.00 bits per heavy atom. The molecule has 4 radical (unpaired) electrons. The Hall–Kier alpha value is 1.76. The van der Waals surface area contributed by atoms with E-state index in [2.05, 4.69) is 0 Å². The monoisotopic (exact) mass is 172 g/mol. The molecule has 0 amide bonds. The molecule has 0 aromatic carbocycles. The summed E-state index contributed by atoms with van der Waals surface area (Å²) in [5.41, 5.74) is 0. The van der Waals surface area contributed by atoms with Gasteiger partial charge in [0.05, 0.1) is 0 Å². The van der Waals surface area contributed by atoms with Gasteiger partial charge in [0.1, 0.15) is 0 Å². The van der Waals surface area contributed by atoms with Crippen LogP contribution in [0.3, 0.4) is 0 Å². The van der Waals surface area contributed by atoms with Gasteiger partial charge in [-0.05, 0) is 11.0 Å². The van der Waals surface area contributed by atoms with E-state index < -0.39 is 0 Å². The van der Waals surface area contributed by atoms with E-state index in [9.17, 15) is 0 Å². The molecule has 0 unspecified atom stereocenters. The van der Waals surface area contributed by atoms with Crippen LogP contribution in [0.5, 0.6) is 0 Å². The van der Waals surface area contributed by atoms with Crippen molar-refractivity contribution in [3.8, 4) is 0 Å². The number of hydrogen-bond donors (Lipinski definition) is 0. The molecule has 4 heavy (non-hydrogen) atoms. The van der Waals surface area contributed by atoms with E-state index in [0.29, 0.717) is 0 Å².